The Balaban J connectivity index is 2.54. The van der Waals surface area contributed by atoms with E-state index in [1.807, 2.05) is 0 Å². The van der Waals surface area contributed by atoms with E-state index in [0.29, 0.717) is 13.2 Å². The Morgan fingerprint density at radius 3 is 2.80 bits per heavy atom. The third kappa shape index (κ3) is 4.81. The van der Waals surface area contributed by atoms with Gasteiger partial charge in [-0.3, -0.25) is 9.59 Å². The summed E-state index contributed by atoms with van der Waals surface area (Å²) in [6.07, 6.45) is 1.00. The van der Waals surface area contributed by atoms with Crippen LogP contribution >= 0.6 is 0 Å². The van der Waals surface area contributed by atoms with Gasteiger partial charge in [0, 0.05) is 20.7 Å². The quantitative estimate of drug-likeness (QED) is 0.601. The van der Waals surface area contributed by atoms with E-state index < -0.39 is 11.7 Å². The Labute approximate surface area is 115 Å². The summed E-state index contributed by atoms with van der Waals surface area (Å²) < 4.78 is 17.9. The van der Waals surface area contributed by atoms with Crippen molar-refractivity contribution in [3.8, 4) is 0 Å². The molecule has 1 rings (SSSR count). The molecule has 0 aliphatic carbocycles. The third-order valence-electron chi connectivity index (χ3n) is 2.37. The van der Waals surface area contributed by atoms with Gasteiger partial charge < -0.3 is 20.7 Å². The molecule has 0 fully saturated rings. The van der Waals surface area contributed by atoms with Crippen LogP contribution in [0.15, 0.2) is 12.3 Å². The van der Waals surface area contributed by atoms with Crippen molar-refractivity contribution < 1.29 is 18.7 Å². The molecule has 3 N–H and O–H groups in total. The van der Waals surface area contributed by atoms with Crippen LogP contribution in [0.3, 0.4) is 0 Å². The molecule has 0 radical (unpaired) electrons. The highest BCUT2D eigenvalue weighted by molar-refractivity contribution is 6.00. The molecular formula is C12H17FN4O3. The summed E-state index contributed by atoms with van der Waals surface area (Å²) in [7, 11) is 3.08. The van der Waals surface area contributed by atoms with E-state index in [4.69, 9.17) is 4.74 Å². The second-order valence-electron chi connectivity index (χ2n) is 3.83. The van der Waals surface area contributed by atoms with Crippen LogP contribution in [-0.2, 0) is 9.53 Å². The fraction of sp³-hybridized carbons (Fsp3) is 0.417. The lowest BCUT2D eigenvalue weighted by Gasteiger charge is -2.09. The molecule has 1 aromatic heterocycles. The van der Waals surface area contributed by atoms with Crippen LogP contribution in [0.4, 0.5) is 10.2 Å². The molecule has 0 atom stereocenters. The maximum Gasteiger partial charge on any atom is 0.255 e. The second-order valence-corrected chi connectivity index (χ2v) is 3.83. The van der Waals surface area contributed by atoms with E-state index in [9.17, 15) is 14.0 Å². The zero-order chi connectivity index (χ0) is 15.0. The predicted molar refractivity (Wildman–Crippen MR) is 71.0 cm³/mol. The van der Waals surface area contributed by atoms with Crippen LogP contribution in [0.2, 0.25) is 0 Å². The van der Waals surface area contributed by atoms with Crippen molar-refractivity contribution in [2.45, 2.75) is 0 Å². The van der Waals surface area contributed by atoms with Crippen molar-refractivity contribution >= 4 is 17.6 Å². The smallest absolute Gasteiger partial charge is 0.255 e. The fourth-order valence-corrected chi connectivity index (χ4v) is 1.42. The van der Waals surface area contributed by atoms with Gasteiger partial charge in [0.25, 0.3) is 5.91 Å². The molecule has 20 heavy (non-hydrogen) atoms. The van der Waals surface area contributed by atoms with E-state index in [1.165, 1.54) is 7.11 Å². The van der Waals surface area contributed by atoms with Gasteiger partial charge in [-0.2, -0.15) is 0 Å². The molecule has 0 saturated heterocycles. The first-order valence-corrected chi connectivity index (χ1v) is 5.95. The molecule has 0 unspecified atom stereocenters. The number of aromatic nitrogens is 1. The normalized spacial score (nSPS) is 9.95. The zero-order valence-electron chi connectivity index (χ0n) is 11.3. The van der Waals surface area contributed by atoms with E-state index >= 15 is 0 Å². The van der Waals surface area contributed by atoms with Gasteiger partial charge in [-0.25, -0.2) is 9.37 Å². The molecule has 1 aromatic rings. The number of rotatable bonds is 7. The number of nitrogens with zero attached hydrogens (tertiary/aromatic N) is 1. The molecular weight excluding hydrogens is 267 g/mol. The van der Waals surface area contributed by atoms with Crippen LogP contribution in [-0.4, -0.2) is 50.7 Å². The number of methoxy groups -OCH3 is 1. The summed E-state index contributed by atoms with van der Waals surface area (Å²) in [4.78, 5) is 27.0. The van der Waals surface area contributed by atoms with Gasteiger partial charge in [0.2, 0.25) is 5.91 Å². The van der Waals surface area contributed by atoms with Gasteiger partial charge in [0.05, 0.1) is 24.9 Å². The lowest BCUT2D eigenvalue weighted by molar-refractivity contribution is -0.120. The molecule has 8 heteroatoms. The molecule has 0 aliphatic rings. The number of nitrogens with one attached hydrogen (secondary N) is 3. The lowest BCUT2D eigenvalue weighted by Crippen LogP contribution is -2.38. The van der Waals surface area contributed by atoms with Crippen LogP contribution in [0.25, 0.3) is 0 Å². The summed E-state index contributed by atoms with van der Waals surface area (Å²) in [5.74, 6) is -1.32. The first-order valence-electron chi connectivity index (χ1n) is 5.95. The molecule has 0 saturated carbocycles. The van der Waals surface area contributed by atoms with E-state index in [1.54, 1.807) is 7.05 Å². The first-order chi connectivity index (χ1) is 9.58. The summed E-state index contributed by atoms with van der Waals surface area (Å²) in [5, 5.41) is 7.61. The van der Waals surface area contributed by atoms with Gasteiger partial charge in [0.1, 0.15) is 11.6 Å². The number of pyridine rings is 1. The highest BCUT2D eigenvalue weighted by atomic mass is 19.1. The summed E-state index contributed by atoms with van der Waals surface area (Å²) in [6, 6.07) is 1.05. The Morgan fingerprint density at radius 2 is 2.15 bits per heavy atom. The van der Waals surface area contributed by atoms with Crippen molar-refractivity contribution in [3.05, 3.63) is 23.6 Å². The molecule has 7 nitrogen and oxygen atoms in total. The number of halogens is 1. The third-order valence-corrected chi connectivity index (χ3v) is 2.37. The van der Waals surface area contributed by atoms with Crippen LogP contribution in [0.1, 0.15) is 10.4 Å². The average molecular weight is 284 g/mol. The molecule has 0 aromatic carbocycles. The van der Waals surface area contributed by atoms with Crippen LogP contribution in [0.5, 0.6) is 0 Å². The Bertz CT molecular complexity index is 482. The number of anilines is 1. The number of amides is 2. The van der Waals surface area contributed by atoms with Crippen LogP contribution < -0.4 is 16.0 Å². The fourth-order valence-electron chi connectivity index (χ4n) is 1.42. The highest BCUT2D eigenvalue weighted by Gasteiger charge is 2.14. The maximum atomic E-state index is 13.1. The average Bonchev–Trinajstić information content (AvgIpc) is 2.45. The molecule has 2 amide bonds. The maximum absolute atomic E-state index is 13.1. The van der Waals surface area contributed by atoms with Gasteiger partial charge >= 0.3 is 0 Å². The number of carbonyl (C=O) groups is 2. The molecule has 0 spiro atoms. The molecule has 0 aliphatic heterocycles. The predicted octanol–water partition coefficient (Wildman–Crippen LogP) is -0.245. The van der Waals surface area contributed by atoms with Gasteiger partial charge in [0.15, 0.2) is 0 Å². The van der Waals surface area contributed by atoms with E-state index in [0.717, 1.165) is 12.3 Å². The SMILES string of the molecule is CNc1ncc(F)cc1C(=O)NCC(=O)NCCOC. The van der Waals surface area contributed by atoms with E-state index in [2.05, 4.69) is 20.9 Å². The van der Waals surface area contributed by atoms with Gasteiger partial charge in [-0.1, -0.05) is 0 Å². The van der Waals surface area contributed by atoms with Gasteiger partial charge in [-0.15, -0.1) is 0 Å². The topological polar surface area (TPSA) is 92.4 Å². The summed E-state index contributed by atoms with van der Waals surface area (Å²) in [6.45, 7) is 0.536. The van der Waals surface area contributed by atoms with Crippen molar-refractivity contribution in [3.63, 3.8) is 0 Å². The minimum absolute atomic E-state index is 0.0391. The van der Waals surface area contributed by atoms with Gasteiger partial charge in [-0.05, 0) is 6.07 Å². The number of carbonyl (C=O) groups excluding carboxylic acids is 2. The highest BCUT2D eigenvalue weighted by Crippen LogP contribution is 2.12. The van der Waals surface area contributed by atoms with Crippen molar-refractivity contribution in [1.82, 2.24) is 15.6 Å². The van der Waals surface area contributed by atoms with Crippen molar-refractivity contribution in [1.29, 1.82) is 0 Å². The molecule has 110 valence electrons. The first kappa shape index (κ1) is 15.8. The lowest BCUT2D eigenvalue weighted by atomic mass is 10.2. The van der Waals surface area contributed by atoms with Crippen molar-refractivity contribution in [2.24, 2.45) is 0 Å². The number of hydrogen-bond donors (Lipinski definition) is 3. The minimum atomic E-state index is -0.626. The Hall–Kier alpha value is -2.22. The minimum Gasteiger partial charge on any atom is -0.383 e. The largest absolute Gasteiger partial charge is 0.383 e. The Kier molecular flexibility index (Phi) is 6.38. The number of ether oxygens (including phenoxy) is 1. The van der Waals surface area contributed by atoms with E-state index in [-0.39, 0.29) is 23.8 Å². The number of hydrogen-bond acceptors (Lipinski definition) is 5. The molecule has 1 heterocycles. The van der Waals surface area contributed by atoms with Crippen molar-refractivity contribution in [2.75, 3.05) is 39.2 Å². The Morgan fingerprint density at radius 1 is 1.40 bits per heavy atom. The zero-order valence-corrected chi connectivity index (χ0v) is 11.3. The standard InChI is InChI=1S/C12H17FN4O3/c1-14-11-9(5-8(13)6-16-11)12(19)17-7-10(18)15-3-4-20-2/h5-6H,3-4,7H2,1-2H3,(H,14,16)(H,15,18)(H,17,19). The monoisotopic (exact) mass is 284 g/mol. The second kappa shape index (κ2) is 8.05. The molecule has 0 bridgehead atoms. The summed E-state index contributed by atoms with van der Waals surface area (Å²) in [5.41, 5.74) is 0.0391. The van der Waals surface area contributed by atoms with Crippen LogP contribution in [0, 0.1) is 5.82 Å². The summed E-state index contributed by atoms with van der Waals surface area (Å²) >= 11 is 0.